The van der Waals surface area contributed by atoms with Crippen LogP contribution in [0.2, 0.25) is 0 Å². The fourth-order valence-corrected chi connectivity index (χ4v) is 2.81. The molecule has 0 saturated carbocycles. The molecule has 1 atom stereocenters. The van der Waals surface area contributed by atoms with Gasteiger partial charge in [-0.1, -0.05) is 72.0 Å². The summed E-state index contributed by atoms with van der Waals surface area (Å²) >= 11 is 0. The Morgan fingerprint density at radius 1 is 1.17 bits per heavy atom. The number of hydrogen-bond acceptors (Lipinski definition) is 1. The highest BCUT2D eigenvalue weighted by atomic mass is 16.1. The van der Waals surface area contributed by atoms with Gasteiger partial charge in [-0.3, -0.25) is 4.79 Å². The second-order valence-electron chi connectivity index (χ2n) is 6.15. The largest absolute Gasteiger partial charge is 0.290 e. The Bertz CT molecular complexity index is 323. The summed E-state index contributed by atoms with van der Waals surface area (Å²) in [7, 11) is 0. The maximum absolute atomic E-state index is 11.7. The predicted molar refractivity (Wildman–Crippen MR) is 78.6 cm³/mol. The lowest BCUT2D eigenvalue weighted by molar-refractivity contribution is -0.112. The summed E-state index contributed by atoms with van der Waals surface area (Å²) < 4.78 is 0. The van der Waals surface area contributed by atoms with Gasteiger partial charge in [-0.05, 0) is 29.4 Å². The van der Waals surface area contributed by atoms with Crippen molar-refractivity contribution in [3.8, 4) is 0 Å². The van der Waals surface area contributed by atoms with E-state index in [2.05, 4.69) is 33.4 Å². The molecule has 1 unspecified atom stereocenters. The molecule has 0 heterocycles. The molecule has 1 aliphatic rings. The van der Waals surface area contributed by atoms with E-state index in [1.807, 2.05) is 0 Å². The Morgan fingerprint density at radius 2 is 1.78 bits per heavy atom. The van der Waals surface area contributed by atoms with Gasteiger partial charge >= 0.3 is 0 Å². The van der Waals surface area contributed by atoms with Crippen molar-refractivity contribution in [1.29, 1.82) is 0 Å². The van der Waals surface area contributed by atoms with Gasteiger partial charge < -0.3 is 0 Å². The maximum atomic E-state index is 11.7. The predicted octanol–water partition coefficient (Wildman–Crippen LogP) is 5.07. The Hall–Kier alpha value is -0.850. The number of allylic oxidation sites excluding steroid dienone is 3. The molecular formula is C17H28O. The van der Waals surface area contributed by atoms with Crippen LogP contribution in [0.25, 0.3) is 0 Å². The summed E-state index contributed by atoms with van der Waals surface area (Å²) in [5.74, 6) is 0.464. The van der Waals surface area contributed by atoms with E-state index in [-0.39, 0.29) is 11.2 Å². The number of carbonyl (C=O) groups excluding carboxylic acids is 1. The second kappa shape index (κ2) is 6.92. The Balaban J connectivity index is 2.38. The molecule has 0 aromatic heterocycles. The van der Waals surface area contributed by atoms with Crippen molar-refractivity contribution < 1.29 is 4.79 Å². The number of unbranched alkanes of at least 4 members (excludes halogenated alkanes) is 5. The number of ketones is 1. The average molecular weight is 248 g/mol. The zero-order valence-corrected chi connectivity index (χ0v) is 12.3. The summed E-state index contributed by atoms with van der Waals surface area (Å²) in [6, 6.07) is 0. The molecule has 1 aliphatic carbocycles. The van der Waals surface area contributed by atoms with E-state index >= 15 is 0 Å². The average Bonchev–Trinajstić information content (AvgIpc) is 2.32. The van der Waals surface area contributed by atoms with Gasteiger partial charge in [-0.15, -0.1) is 0 Å². The molecule has 18 heavy (non-hydrogen) atoms. The SMILES string of the molecule is C=C1C(=O)C=CC(C)(C)C1CCCCCCCC. The highest BCUT2D eigenvalue weighted by Gasteiger charge is 2.34. The normalized spacial score (nSPS) is 22.5. The third kappa shape index (κ3) is 4.12. The zero-order chi connectivity index (χ0) is 13.6. The van der Waals surface area contributed by atoms with E-state index < -0.39 is 0 Å². The van der Waals surface area contributed by atoms with Crippen LogP contribution in [-0.2, 0) is 4.79 Å². The summed E-state index contributed by atoms with van der Waals surface area (Å²) in [6.45, 7) is 10.7. The molecule has 102 valence electrons. The minimum Gasteiger partial charge on any atom is -0.290 e. The summed E-state index contributed by atoms with van der Waals surface area (Å²) in [5, 5.41) is 0. The number of carbonyl (C=O) groups is 1. The first-order chi connectivity index (χ1) is 8.49. The monoisotopic (exact) mass is 248 g/mol. The molecule has 0 bridgehead atoms. The molecular weight excluding hydrogens is 220 g/mol. The zero-order valence-electron chi connectivity index (χ0n) is 12.3. The van der Waals surface area contributed by atoms with Crippen molar-refractivity contribution in [2.24, 2.45) is 11.3 Å². The molecule has 0 fully saturated rings. The van der Waals surface area contributed by atoms with Crippen molar-refractivity contribution in [1.82, 2.24) is 0 Å². The van der Waals surface area contributed by atoms with Gasteiger partial charge in [0.05, 0.1) is 0 Å². The van der Waals surface area contributed by atoms with Crippen LogP contribution in [0.4, 0.5) is 0 Å². The first-order valence-electron chi connectivity index (χ1n) is 7.41. The fourth-order valence-electron chi connectivity index (χ4n) is 2.81. The Morgan fingerprint density at radius 3 is 2.44 bits per heavy atom. The Labute approximate surface area is 112 Å². The highest BCUT2D eigenvalue weighted by molar-refractivity contribution is 6.05. The molecule has 0 spiro atoms. The molecule has 1 heteroatoms. The van der Waals surface area contributed by atoms with Gasteiger partial charge in [0.15, 0.2) is 5.78 Å². The summed E-state index contributed by atoms with van der Waals surface area (Å²) in [6.07, 6.45) is 12.7. The first kappa shape index (κ1) is 15.2. The first-order valence-corrected chi connectivity index (χ1v) is 7.41. The van der Waals surface area contributed by atoms with Gasteiger partial charge in [-0.2, -0.15) is 0 Å². The smallest absolute Gasteiger partial charge is 0.181 e. The van der Waals surface area contributed by atoms with Gasteiger partial charge in [0.25, 0.3) is 0 Å². The Kier molecular flexibility index (Phi) is 5.84. The van der Waals surface area contributed by atoms with Crippen LogP contribution >= 0.6 is 0 Å². The third-order valence-corrected chi connectivity index (χ3v) is 4.15. The van der Waals surface area contributed by atoms with Crippen molar-refractivity contribution in [2.45, 2.75) is 65.7 Å². The second-order valence-corrected chi connectivity index (χ2v) is 6.15. The molecule has 0 saturated heterocycles. The van der Waals surface area contributed by atoms with Crippen molar-refractivity contribution in [3.63, 3.8) is 0 Å². The lowest BCUT2D eigenvalue weighted by Gasteiger charge is -2.35. The maximum Gasteiger partial charge on any atom is 0.181 e. The van der Waals surface area contributed by atoms with Crippen LogP contribution in [0.15, 0.2) is 24.3 Å². The van der Waals surface area contributed by atoms with E-state index in [4.69, 9.17) is 0 Å². The summed E-state index contributed by atoms with van der Waals surface area (Å²) in [4.78, 5) is 11.7. The van der Waals surface area contributed by atoms with Crippen molar-refractivity contribution in [3.05, 3.63) is 24.3 Å². The van der Waals surface area contributed by atoms with E-state index in [1.54, 1.807) is 6.08 Å². The molecule has 0 aliphatic heterocycles. The molecule has 1 rings (SSSR count). The lowest BCUT2D eigenvalue weighted by Crippen LogP contribution is -2.30. The van der Waals surface area contributed by atoms with Gasteiger partial charge in [0.2, 0.25) is 0 Å². The standard InChI is InChI=1S/C17H28O/c1-5-6-7-8-9-10-11-15-14(2)16(18)12-13-17(15,3)4/h12-13,15H,2,5-11H2,1,3-4H3. The van der Waals surface area contributed by atoms with Crippen LogP contribution in [0.3, 0.4) is 0 Å². The van der Waals surface area contributed by atoms with Crippen LogP contribution in [0, 0.1) is 11.3 Å². The third-order valence-electron chi connectivity index (χ3n) is 4.15. The fraction of sp³-hybridized carbons (Fsp3) is 0.706. The van der Waals surface area contributed by atoms with Gasteiger partial charge in [0.1, 0.15) is 0 Å². The molecule has 1 nitrogen and oxygen atoms in total. The minimum atomic E-state index is 0.0917. The van der Waals surface area contributed by atoms with E-state index in [0.717, 1.165) is 12.0 Å². The topological polar surface area (TPSA) is 17.1 Å². The van der Waals surface area contributed by atoms with Crippen LogP contribution in [0.5, 0.6) is 0 Å². The number of rotatable bonds is 7. The minimum absolute atomic E-state index is 0.0917. The van der Waals surface area contributed by atoms with E-state index in [9.17, 15) is 4.79 Å². The molecule has 0 aromatic rings. The molecule has 0 radical (unpaired) electrons. The van der Waals surface area contributed by atoms with Crippen LogP contribution < -0.4 is 0 Å². The summed E-state index contributed by atoms with van der Waals surface area (Å²) in [5.41, 5.74) is 0.907. The van der Waals surface area contributed by atoms with Crippen molar-refractivity contribution >= 4 is 5.78 Å². The van der Waals surface area contributed by atoms with E-state index in [1.165, 1.54) is 38.5 Å². The number of hydrogen-bond donors (Lipinski definition) is 0. The van der Waals surface area contributed by atoms with Gasteiger partial charge in [-0.25, -0.2) is 0 Å². The molecule has 0 N–H and O–H groups in total. The highest BCUT2D eigenvalue weighted by Crippen LogP contribution is 2.40. The van der Waals surface area contributed by atoms with Gasteiger partial charge in [0, 0.05) is 0 Å². The molecule has 0 aromatic carbocycles. The lowest BCUT2D eigenvalue weighted by atomic mass is 9.68. The van der Waals surface area contributed by atoms with E-state index in [0.29, 0.717) is 5.92 Å². The van der Waals surface area contributed by atoms with Crippen LogP contribution in [-0.4, -0.2) is 5.78 Å². The van der Waals surface area contributed by atoms with Crippen LogP contribution in [0.1, 0.15) is 65.7 Å². The van der Waals surface area contributed by atoms with Crippen molar-refractivity contribution in [2.75, 3.05) is 0 Å². The molecule has 0 amide bonds. The quantitative estimate of drug-likeness (QED) is 0.454.